The lowest BCUT2D eigenvalue weighted by molar-refractivity contribution is 0.260. The van der Waals surface area contributed by atoms with E-state index in [-0.39, 0.29) is 6.61 Å². The van der Waals surface area contributed by atoms with E-state index in [2.05, 4.69) is 38.5 Å². The van der Waals surface area contributed by atoms with Gasteiger partial charge in [-0.05, 0) is 49.0 Å². The number of hydrogen-bond acceptors (Lipinski definition) is 5. The average Bonchev–Trinajstić information content (AvgIpc) is 3.36. The van der Waals surface area contributed by atoms with Crippen LogP contribution in [-0.2, 0) is 13.2 Å². The van der Waals surface area contributed by atoms with Crippen molar-refractivity contribution in [2.75, 3.05) is 5.32 Å². The maximum absolute atomic E-state index is 9.32. The number of fused-ring (bicyclic) bond motifs is 1. The van der Waals surface area contributed by atoms with Crippen LogP contribution in [0.15, 0.2) is 54.4 Å². The number of rotatable bonds is 6. The number of allylic oxidation sites excluding steroid dienone is 1. The molecule has 144 valence electrons. The molecule has 8 heteroatoms. The van der Waals surface area contributed by atoms with Crippen LogP contribution in [0.3, 0.4) is 0 Å². The molecule has 0 radical (unpaired) electrons. The van der Waals surface area contributed by atoms with Crippen molar-refractivity contribution in [3.8, 4) is 0 Å². The fourth-order valence-corrected chi connectivity index (χ4v) is 3.53. The van der Waals surface area contributed by atoms with Gasteiger partial charge >= 0.3 is 0 Å². The van der Waals surface area contributed by atoms with E-state index >= 15 is 0 Å². The molecule has 0 aliphatic heterocycles. The van der Waals surface area contributed by atoms with Gasteiger partial charge in [-0.25, -0.2) is 4.68 Å². The summed E-state index contributed by atoms with van der Waals surface area (Å²) in [5, 5.41) is 36.7. The molecule has 1 aliphatic rings. The van der Waals surface area contributed by atoms with Crippen molar-refractivity contribution in [1.29, 1.82) is 5.41 Å². The third-order valence-electron chi connectivity index (χ3n) is 5.21. The highest BCUT2D eigenvalue weighted by Gasteiger charge is 2.19. The van der Waals surface area contributed by atoms with Crippen LogP contribution in [0.2, 0.25) is 0 Å². The number of aliphatic hydroxyl groups excluding tert-OH is 1. The quantitative estimate of drug-likeness (QED) is 0.389. The lowest BCUT2D eigenvalue weighted by Gasteiger charge is -2.23. The van der Waals surface area contributed by atoms with Gasteiger partial charge in [0.05, 0.1) is 30.2 Å². The van der Waals surface area contributed by atoms with Crippen LogP contribution < -0.4 is 5.32 Å². The highest BCUT2D eigenvalue weighted by atomic mass is 16.3. The second-order valence-electron chi connectivity index (χ2n) is 7.09. The predicted octanol–water partition coefficient (Wildman–Crippen LogP) is 3.02. The van der Waals surface area contributed by atoms with Crippen molar-refractivity contribution in [2.24, 2.45) is 5.92 Å². The van der Waals surface area contributed by atoms with Crippen molar-refractivity contribution in [3.63, 3.8) is 0 Å². The van der Waals surface area contributed by atoms with E-state index in [0.717, 1.165) is 59.2 Å². The maximum Gasteiger partial charge on any atom is 0.129 e. The zero-order chi connectivity index (χ0) is 19.5. The van der Waals surface area contributed by atoms with E-state index in [1.54, 1.807) is 17.1 Å². The van der Waals surface area contributed by atoms with Gasteiger partial charge in [-0.3, -0.25) is 10.5 Å². The Bertz CT molecular complexity index is 1050. The Morgan fingerprint density at radius 2 is 2.29 bits per heavy atom. The average molecular weight is 377 g/mol. The Morgan fingerprint density at radius 1 is 1.39 bits per heavy atom. The lowest BCUT2D eigenvalue weighted by Crippen LogP contribution is -2.19. The van der Waals surface area contributed by atoms with Gasteiger partial charge in [0.1, 0.15) is 5.84 Å². The number of hydrogen-bond donors (Lipinski definition) is 4. The topological polar surface area (TPSA) is 116 Å². The van der Waals surface area contributed by atoms with Crippen molar-refractivity contribution in [1.82, 2.24) is 25.2 Å². The van der Waals surface area contributed by atoms with Gasteiger partial charge in [0.15, 0.2) is 0 Å². The molecule has 1 aromatic carbocycles. The summed E-state index contributed by atoms with van der Waals surface area (Å²) < 4.78 is 1.77. The predicted molar refractivity (Wildman–Crippen MR) is 108 cm³/mol. The Balaban J connectivity index is 1.36. The summed E-state index contributed by atoms with van der Waals surface area (Å²) in [5.41, 5.74) is 4.38. The number of aliphatic hydroxyl groups is 1. The number of aromatic nitrogens is 5. The summed E-state index contributed by atoms with van der Waals surface area (Å²) in [6.45, 7) is 4.81. The molecule has 0 amide bonds. The zero-order valence-corrected chi connectivity index (χ0v) is 15.5. The minimum Gasteiger partial charge on any atom is -0.390 e. The molecule has 2 heterocycles. The molecule has 1 atom stereocenters. The summed E-state index contributed by atoms with van der Waals surface area (Å²) in [6.07, 6.45) is 8.29. The first-order chi connectivity index (χ1) is 13.6. The van der Waals surface area contributed by atoms with Crippen LogP contribution in [0.5, 0.6) is 0 Å². The molecule has 0 fully saturated rings. The monoisotopic (exact) mass is 377 g/mol. The molecule has 0 spiro atoms. The van der Waals surface area contributed by atoms with Gasteiger partial charge in [0.25, 0.3) is 0 Å². The summed E-state index contributed by atoms with van der Waals surface area (Å²) in [4.78, 5) is 0. The number of anilines is 1. The second kappa shape index (κ2) is 7.77. The maximum atomic E-state index is 9.32. The van der Waals surface area contributed by atoms with Crippen LogP contribution in [0.25, 0.3) is 10.9 Å². The molecule has 3 aromatic rings. The SMILES string of the molecule is C=C(C(=N)Nc1ccc2[nH]ncc2c1)C1=CC[C@H](Cn2nncc2CO)CC1. The van der Waals surface area contributed by atoms with E-state index in [9.17, 15) is 5.11 Å². The molecule has 8 nitrogen and oxygen atoms in total. The van der Waals surface area contributed by atoms with Crippen molar-refractivity contribution in [3.05, 3.63) is 60.1 Å². The Labute approximate surface area is 162 Å². The number of H-pyrrole nitrogens is 1. The standard InChI is InChI=1S/C20H23N7O/c1-13(20(21)24-17-6-7-19-16(8-17)9-22-25-19)15-4-2-14(3-5-15)11-27-18(12-28)10-23-26-27/h4,6-10,14,28H,1-3,5,11-12H2,(H2,21,24)(H,22,25)/t14-/m0/s1. The molecule has 0 unspecified atom stereocenters. The van der Waals surface area contributed by atoms with Crippen molar-refractivity contribution in [2.45, 2.75) is 32.4 Å². The van der Waals surface area contributed by atoms with Gasteiger partial charge < -0.3 is 10.4 Å². The molecule has 28 heavy (non-hydrogen) atoms. The van der Waals surface area contributed by atoms with Crippen LogP contribution in [0.1, 0.15) is 25.0 Å². The molecule has 2 aromatic heterocycles. The summed E-state index contributed by atoms with van der Waals surface area (Å²) in [7, 11) is 0. The molecule has 4 rings (SSSR count). The van der Waals surface area contributed by atoms with E-state index in [0.29, 0.717) is 11.8 Å². The van der Waals surface area contributed by atoms with Gasteiger partial charge in [-0.1, -0.05) is 17.9 Å². The van der Waals surface area contributed by atoms with Crippen molar-refractivity contribution < 1.29 is 5.11 Å². The second-order valence-corrected chi connectivity index (χ2v) is 7.09. The number of benzene rings is 1. The number of nitrogens with zero attached hydrogens (tertiary/aromatic N) is 4. The molecule has 0 saturated heterocycles. The van der Waals surface area contributed by atoms with E-state index in [1.165, 1.54) is 0 Å². The molecule has 4 N–H and O–H groups in total. The number of amidine groups is 1. The minimum absolute atomic E-state index is 0.0505. The smallest absolute Gasteiger partial charge is 0.129 e. The summed E-state index contributed by atoms with van der Waals surface area (Å²) >= 11 is 0. The first-order valence-electron chi connectivity index (χ1n) is 9.29. The van der Waals surface area contributed by atoms with Crippen LogP contribution in [0.4, 0.5) is 5.69 Å². The van der Waals surface area contributed by atoms with Crippen LogP contribution in [-0.4, -0.2) is 36.1 Å². The van der Waals surface area contributed by atoms with Gasteiger partial charge in [-0.15, -0.1) is 5.10 Å². The van der Waals surface area contributed by atoms with E-state index < -0.39 is 0 Å². The third-order valence-corrected chi connectivity index (χ3v) is 5.21. The summed E-state index contributed by atoms with van der Waals surface area (Å²) in [6, 6.07) is 5.82. The fraction of sp³-hybridized carbons (Fsp3) is 0.300. The normalized spacial score (nSPS) is 16.8. The highest BCUT2D eigenvalue weighted by molar-refractivity contribution is 6.09. The fourth-order valence-electron chi connectivity index (χ4n) is 3.53. The van der Waals surface area contributed by atoms with Gasteiger partial charge in [-0.2, -0.15) is 5.10 Å². The summed E-state index contributed by atoms with van der Waals surface area (Å²) in [5.74, 6) is 0.751. The lowest BCUT2D eigenvalue weighted by atomic mass is 9.86. The molecule has 0 saturated carbocycles. The molecular weight excluding hydrogens is 354 g/mol. The first-order valence-corrected chi connectivity index (χ1v) is 9.29. The number of nitrogens with one attached hydrogen (secondary N) is 3. The largest absolute Gasteiger partial charge is 0.390 e. The third kappa shape index (κ3) is 3.72. The van der Waals surface area contributed by atoms with Crippen LogP contribution >= 0.6 is 0 Å². The Kier molecular flexibility index (Phi) is 5.03. The Morgan fingerprint density at radius 3 is 3.07 bits per heavy atom. The molecule has 0 bridgehead atoms. The van der Waals surface area contributed by atoms with E-state index in [1.807, 2.05) is 18.2 Å². The van der Waals surface area contributed by atoms with E-state index in [4.69, 9.17) is 5.41 Å². The number of aromatic amines is 1. The van der Waals surface area contributed by atoms with Crippen molar-refractivity contribution >= 4 is 22.4 Å². The molecular formula is C20H23N7O. The minimum atomic E-state index is -0.0505. The first kappa shape index (κ1) is 18.1. The van der Waals surface area contributed by atoms with Gasteiger partial charge in [0, 0.05) is 23.2 Å². The molecule has 1 aliphatic carbocycles. The zero-order valence-electron chi connectivity index (χ0n) is 15.5. The van der Waals surface area contributed by atoms with Crippen LogP contribution in [0, 0.1) is 11.3 Å². The van der Waals surface area contributed by atoms with Gasteiger partial charge in [0.2, 0.25) is 0 Å². The highest BCUT2D eigenvalue weighted by Crippen LogP contribution is 2.29. The Hall–Kier alpha value is -3.26.